The molecule has 0 aromatic rings. The van der Waals surface area contributed by atoms with Crippen LogP contribution in [0.15, 0.2) is 4.99 Å². The number of hydrogen-bond donors (Lipinski definition) is 2. The molecule has 2 aliphatic heterocycles. The van der Waals surface area contributed by atoms with Gasteiger partial charge in [0, 0.05) is 53.1 Å². The minimum Gasteiger partial charge on any atom is -0.444 e. The van der Waals surface area contributed by atoms with E-state index in [-0.39, 0.29) is 36.1 Å². The SMILES string of the molecule is CN=C(NCCCOCC1CCOCC1)NCC1CCCCN1C(=O)OC(C)(C)C.I. The Morgan fingerprint density at radius 3 is 2.58 bits per heavy atom. The fourth-order valence-corrected chi connectivity index (χ4v) is 3.75. The molecule has 0 saturated carbocycles. The van der Waals surface area contributed by atoms with Gasteiger partial charge in [-0.15, -0.1) is 24.0 Å². The van der Waals surface area contributed by atoms with Gasteiger partial charge in [0.25, 0.3) is 0 Å². The Kier molecular flexibility index (Phi) is 13.8. The highest BCUT2D eigenvalue weighted by Crippen LogP contribution is 2.20. The summed E-state index contributed by atoms with van der Waals surface area (Å²) in [5.74, 6) is 1.40. The maximum atomic E-state index is 12.5. The number of nitrogens with one attached hydrogen (secondary N) is 2. The third-order valence-electron chi connectivity index (χ3n) is 5.44. The number of carbonyl (C=O) groups is 1. The quantitative estimate of drug-likeness (QED) is 0.207. The van der Waals surface area contributed by atoms with Crippen molar-refractivity contribution in [2.45, 2.75) is 70.9 Å². The van der Waals surface area contributed by atoms with Gasteiger partial charge in [0.1, 0.15) is 5.60 Å². The molecule has 0 aliphatic carbocycles. The summed E-state index contributed by atoms with van der Waals surface area (Å²) in [6, 6.07) is 0.120. The van der Waals surface area contributed by atoms with Crippen LogP contribution in [0.25, 0.3) is 0 Å². The van der Waals surface area contributed by atoms with Crippen LogP contribution >= 0.6 is 24.0 Å². The molecule has 2 N–H and O–H groups in total. The van der Waals surface area contributed by atoms with E-state index in [1.54, 1.807) is 7.05 Å². The number of amides is 1. The second-order valence-electron chi connectivity index (χ2n) is 9.19. The Bertz CT molecular complexity index is 536. The van der Waals surface area contributed by atoms with Crippen molar-refractivity contribution in [2.75, 3.05) is 53.1 Å². The van der Waals surface area contributed by atoms with Crippen LogP contribution in [0.2, 0.25) is 0 Å². The van der Waals surface area contributed by atoms with Crippen molar-refractivity contribution in [1.29, 1.82) is 0 Å². The maximum Gasteiger partial charge on any atom is 0.410 e. The lowest BCUT2D eigenvalue weighted by atomic mass is 10.0. The molecule has 2 rings (SSSR count). The summed E-state index contributed by atoms with van der Waals surface area (Å²) in [6.45, 7) is 11.2. The summed E-state index contributed by atoms with van der Waals surface area (Å²) in [5.41, 5.74) is -0.475. The molecule has 2 fully saturated rings. The van der Waals surface area contributed by atoms with E-state index in [1.807, 2.05) is 25.7 Å². The Labute approximate surface area is 205 Å². The van der Waals surface area contributed by atoms with Crippen LogP contribution in [-0.4, -0.2) is 81.7 Å². The van der Waals surface area contributed by atoms with E-state index in [0.29, 0.717) is 12.5 Å². The molecule has 2 saturated heterocycles. The van der Waals surface area contributed by atoms with Gasteiger partial charge in [-0.2, -0.15) is 0 Å². The fourth-order valence-electron chi connectivity index (χ4n) is 3.75. The molecule has 1 amide bonds. The molecule has 0 bridgehead atoms. The molecule has 0 spiro atoms. The van der Waals surface area contributed by atoms with Crippen molar-refractivity contribution in [3.8, 4) is 0 Å². The molecule has 182 valence electrons. The fraction of sp³-hybridized carbons (Fsp3) is 0.909. The number of likely N-dealkylation sites (tertiary alicyclic amines) is 1. The first-order valence-corrected chi connectivity index (χ1v) is 11.5. The summed E-state index contributed by atoms with van der Waals surface area (Å²) in [7, 11) is 1.77. The average molecular weight is 555 g/mol. The van der Waals surface area contributed by atoms with E-state index in [9.17, 15) is 4.79 Å². The molecule has 0 aromatic heterocycles. The highest BCUT2D eigenvalue weighted by molar-refractivity contribution is 14.0. The summed E-state index contributed by atoms with van der Waals surface area (Å²) >= 11 is 0. The number of hydrogen-bond acceptors (Lipinski definition) is 5. The topological polar surface area (TPSA) is 84.4 Å². The molecule has 2 aliphatic rings. The van der Waals surface area contributed by atoms with Crippen LogP contribution in [0, 0.1) is 5.92 Å². The number of piperidine rings is 1. The third kappa shape index (κ3) is 11.6. The van der Waals surface area contributed by atoms with Crippen LogP contribution < -0.4 is 10.6 Å². The lowest BCUT2D eigenvalue weighted by Crippen LogP contribution is -2.52. The standard InChI is InChI=1S/C22H42N4O4.HI/c1-22(2,3)30-21(27)26-12-6-5-8-19(26)16-25-20(23-4)24-11-7-13-29-17-18-9-14-28-15-10-18;/h18-19H,5-17H2,1-4H3,(H2,23,24,25);1H. The number of ether oxygens (including phenoxy) is 3. The van der Waals surface area contributed by atoms with E-state index in [0.717, 1.165) is 84.0 Å². The summed E-state index contributed by atoms with van der Waals surface area (Å²) in [4.78, 5) is 18.7. The van der Waals surface area contributed by atoms with E-state index in [1.165, 1.54) is 0 Å². The van der Waals surface area contributed by atoms with Crippen LogP contribution in [0.5, 0.6) is 0 Å². The van der Waals surface area contributed by atoms with Crippen molar-refractivity contribution >= 4 is 36.0 Å². The number of guanidine groups is 1. The van der Waals surface area contributed by atoms with Gasteiger partial charge in [-0.05, 0) is 65.2 Å². The highest BCUT2D eigenvalue weighted by atomic mass is 127. The zero-order valence-corrected chi connectivity index (χ0v) is 22.1. The second-order valence-corrected chi connectivity index (χ2v) is 9.19. The van der Waals surface area contributed by atoms with Gasteiger partial charge in [0.15, 0.2) is 5.96 Å². The van der Waals surface area contributed by atoms with E-state index < -0.39 is 5.60 Å². The van der Waals surface area contributed by atoms with Gasteiger partial charge in [0.2, 0.25) is 0 Å². The zero-order valence-electron chi connectivity index (χ0n) is 19.8. The van der Waals surface area contributed by atoms with Crippen molar-refractivity contribution in [2.24, 2.45) is 10.9 Å². The second kappa shape index (κ2) is 15.1. The van der Waals surface area contributed by atoms with Crippen LogP contribution in [0.4, 0.5) is 4.79 Å². The zero-order chi connectivity index (χ0) is 21.8. The van der Waals surface area contributed by atoms with E-state index in [4.69, 9.17) is 14.2 Å². The summed E-state index contributed by atoms with van der Waals surface area (Å²) in [6.07, 6.45) is 6.05. The number of carbonyl (C=O) groups excluding carboxylic acids is 1. The van der Waals surface area contributed by atoms with Gasteiger partial charge in [0.05, 0.1) is 6.04 Å². The summed E-state index contributed by atoms with van der Waals surface area (Å²) < 4.78 is 16.8. The molecule has 0 aromatic carbocycles. The number of halogens is 1. The monoisotopic (exact) mass is 554 g/mol. The molecule has 1 atom stereocenters. The van der Waals surface area contributed by atoms with Crippen LogP contribution in [0.1, 0.15) is 59.3 Å². The first-order valence-electron chi connectivity index (χ1n) is 11.5. The lowest BCUT2D eigenvalue weighted by molar-refractivity contribution is 0.0104. The van der Waals surface area contributed by atoms with Crippen LogP contribution in [-0.2, 0) is 14.2 Å². The van der Waals surface area contributed by atoms with Crippen molar-refractivity contribution in [1.82, 2.24) is 15.5 Å². The number of rotatable bonds is 8. The molecule has 31 heavy (non-hydrogen) atoms. The van der Waals surface area contributed by atoms with Gasteiger partial charge in [-0.25, -0.2) is 4.79 Å². The van der Waals surface area contributed by atoms with Gasteiger partial charge in [-0.3, -0.25) is 4.99 Å². The van der Waals surface area contributed by atoms with Crippen molar-refractivity contribution in [3.05, 3.63) is 0 Å². The summed E-state index contributed by atoms with van der Waals surface area (Å²) in [5, 5.41) is 6.70. The Morgan fingerprint density at radius 1 is 1.16 bits per heavy atom. The largest absolute Gasteiger partial charge is 0.444 e. The average Bonchev–Trinajstić information content (AvgIpc) is 2.72. The first-order chi connectivity index (χ1) is 14.4. The molecular weight excluding hydrogens is 511 g/mol. The van der Waals surface area contributed by atoms with Gasteiger partial charge in [-0.1, -0.05) is 0 Å². The molecule has 1 unspecified atom stereocenters. The predicted octanol–water partition coefficient (Wildman–Crippen LogP) is 3.39. The van der Waals surface area contributed by atoms with Gasteiger partial charge < -0.3 is 29.7 Å². The van der Waals surface area contributed by atoms with Crippen molar-refractivity contribution < 1.29 is 19.0 Å². The van der Waals surface area contributed by atoms with Crippen LogP contribution in [0.3, 0.4) is 0 Å². The third-order valence-corrected chi connectivity index (χ3v) is 5.44. The maximum absolute atomic E-state index is 12.5. The first kappa shape index (κ1) is 28.2. The molecular formula is C22H43IN4O4. The lowest BCUT2D eigenvalue weighted by Gasteiger charge is -2.37. The Hall–Kier alpha value is -0.810. The Morgan fingerprint density at radius 2 is 1.90 bits per heavy atom. The van der Waals surface area contributed by atoms with Crippen molar-refractivity contribution in [3.63, 3.8) is 0 Å². The molecule has 9 heteroatoms. The van der Waals surface area contributed by atoms with E-state index >= 15 is 0 Å². The molecule has 2 heterocycles. The minimum atomic E-state index is -0.475. The van der Waals surface area contributed by atoms with E-state index in [2.05, 4.69) is 15.6 Å². The molecule has 0 radical (unpaired) electrons. The van der Waals surface area contributed by atoms with Gasteiger partial charge >= 0.3 is 6.09 Å². The normalized spacial score (nSPS) is 20.7. The predicted molar refractivity (Wildman–Crippen MR) is 134 cm³/mol. The number of aliphatic imine (C=N–C) groups is 1. The number of nitrogens with zero attached hydrogens (tertiary/aromatic N) is 2. The molecule has 8 nitrogen and oxygen atoms in total. The smallest absolute Gasteiger partial charge is 0.410 e. The Balaban J connectivity index is 0.00000480. The highest BCUT2D eigenvalue weighted by Gasteiger charge is 2.30. The minimum absolute atomic E-state index is 0.